The van der Waals surface area contributed by atoms with Crippen LogP contribution >= 0.6 is 11.6 Å². The Morgan fingerprint density at radius 1 is 0.971 bits per heavy atom. The molecule has 3 rings (SSSR count). The molecule has 0 bridgehead atoms. The van der Waals surface area contributed by atoms with Gasteiger partial charge in [0.05, 0.1) is 19.4 Å². The molecule has 1 N–H and O–H groups in total. The molecule has 0 saturated heterocycles. The van der Waals surface area contributed by atoms with Crippen LogP contribution in [-0.2, 0) is 4.79 Å². The van der Waals surface area contributed by atoms with Crippen LogP contribution in [0.2, 0.25) is 5.02 Å². The summed E-state index contributed by atoms with van der Waals surface area (Å²) in [4.78, 5) is 25.5. The maximum atomic E-state index is 12.9. The summed E-state index contributed by atoms with van der Waals surface area (Å²) < 4.78 is 11.2. The number of halogens is 1. The quantitative estimate of drug-likeness (QED) is 0.187. The van der Waals surface area contributed by atoms with Gasteiger partial charge in [0.15, 0.2) is 17.3 Å². The van der Waals surface area contributed by atoms with Crippen molar-refractivity contribution in [2.75, 3.05) is 19.0 Å². The zero-order valence-corrected chi connectivity index (χ0v) is 20.1. The fourth-order valence-electron chi connectivity index (χ4n) is 3.35. The normalized spacial score (nSPS) is 10.8. The van der Waals surface area contributed by atoms with E-state index in [0.29, 0.717) is 39.9 Å². The van der Waals surface area contributed by atoms with Gasteiger partial charge in [-0.25, -0.2) is 0 Å². The monoisotopic (exact) mass is 477 g/mol. The standard InChI is InChI=1S/C28H28ClNO4/c1-3-4-8-17-34-25-15-11-20(18-26(25)33-2)12-16-27(31)30-24-14-13-22(29)19-23(24)28(32)21-9-6-5-7-10-21/h5-7,9-16,18-19H,3-4,8,17H2,1-2H3,(H,30,31). The summed E-state index contributed by atoms with van der Waals surface area (Å²) in [7, 11) is 1.58. The molecule has 0 heterocycles. The van der Waals surface area contributed by atoms with E-state index >= 15 is 0 Å². The molecule has 1 amide bonds. The molecule has 0 aliphatic heterocycles. The molecule has 176 valence electrons. The number of ketones is 1. The Morgan fingerprint density at radius 2 is 1.76 bits per heavy atom. The third-order valence-electron chi connectivity index (χ3n) is 5.14. The largest absolute Gasteiger partial charge is 0.493 e. The van der Waals surface area contributed by atoms with Crippen molar-refractivity contribution in [3.05, 3.63) is 94.5 Å². The topological polar surface area (TPSA) is 64.6 Å². The first kappa shape index (κ1) is 25.1. The van der Waals surface area contributed by atoms with E-state index in [0.717, 1.165) is 24.8 Å². The van der Waals surface area contributed by atoms with Crippen LogP contribution in [0, 0.1) is 0 Å². The van der Waals surface area contributed by atoms with E-state index in [9.17, 15) is 9.59 Å². The number of benzene rings is 3. The van der Waals surface area contributed by atoms with Crippen LogP contribution in [0.1, 0.15) is 47.7 Å². The van der Waals surface area contributed by atoms with Crippen molar-refractivity contribution < 1.29 is 19.1 Å². The van der Waals surface area contributed by atoms with Crippen molar-refractivity contribution in [2.45, 2.75) is 26.2 Å². The minimum Gasteiger partial charge on any atom is -0.493 e. The second-order valence-electron chi connectivity index (χ2n) is 7.67. The number of methoxy groups -OCH3 is 1. The number of carbonyl (C=O) groups excluding carboxylic acids is 2. The summed E-state index contributed by atoms with van der Waals surface area (Å²) >= 11 is 6.11. The van der Waals surface area contributed by atoms with Crippen LogP contribution in [0.25, 0.3) is 6.08 Å². The second-order valence-corrected chi connectivity index (χ2v) is 8.11. The zero-order valence-electron chi connectivity index (χ0n) is 19.3. The first-order valence-electron chi connectivity index (χ1n) is 11.2. The van der Waals surface area contributed by atoms with Crippen LogP contribution in [0.15, 0.2) is 72.8 Å². The van der Waals surface area contributed by atoms with E-state index in [2.05, 4.69) is 12.2 Å². The summed E-state index contributed by atoms with van der Waals surface area (Å²) in [6, 6.07) is 19.2. The van der Waals surface area contributed by atoms with E-state index in [1.807, 2.05) is 24.3 Å². The molecule has 0 unspecified atom stereocenters. The van der Waals surface area contributed by atoms with Crippen molar-refractivity contribution in [1.82, 2.24) is 0 Å². The lowest BCUT2D eigenvalue weighted by Crippen LogP contribution is -2.12. The molecular formula is C28H28ClNO4. The van der Waals surface area contributed by atoms with Gasteiger partial charge in [-0.05, 0) is 48.4 Å². The predicted octanol–water partition coefficient (Wildman–Crippen LogP) is 6.80. The summed E-state index contributed by atoms with van der Waals surface area (Å²) in [5.74, 6) is 0.683. The summed E-state index contributed by atoms with van der Waals surface area (Å²) in [5.41, 5.74) is 2.01. The Kier molecular flexibility index (Phi) is 9.30. The van der Waals surface area contributed by atoms with Gasteiger partial charge < -0.3 is 14.8 Å². The van der Waals surface area contributed by atoms with E-state index in [1.54, 1.807) is 55.7 Å². The third-order valence-corrected chi connectivity index (χ3v) is 5.38. The minimum absolute atomic E-state index is 0.221. The van der Waals surface area contributed by atoms with Gasteiger partial charge in [-0.2, -0.15) is 0 Å². The predicted molar refractivity (Wildman–Crippen MR) is 137 cm³/mol. The first-order chi connectivity index (χ1) is 16.5. The van der Waals surface area contributed by atoms with Crippen molar-refractivity contribution >= 4 is 35.1 Å². The van der Waals surface area contributed by atoms with Crippen LogP contribution < -0.4 is 14.8 Å². The van der Waals surface area contributed by atoms with Crippen LogP contribution in [0.4, 0.5) is 5.69 Å². The summed E-state index contributed by atoms with van der Waals surface area (Å²) in [6.07, 6.45) is 6.31. The number of unbranched alkanes of at least 4 members (excludes halogenated alkanes) is 2. The number of amides is 1. The molecule has 0 aromatic heterocycles. The summed E-state index contributed by atoms with van der Waals surface area (Å²) in [6.45, 7) is 2.78. The maximum Gasteiger partial charge on any atom is 0.248 e. The smallest absolute Gasteiger partial charge is 0.248 e. The van der Waals surface area contributed by atoms with Crippen LogP contribution in [-0.4, -0.2) is 25.4 Å². The van der Waals surface area contributed by atoms with Crippen molar-refractivity contribution in [1.29, 1.82) is 0 Å². The van der Waals surface area contributed by atoms with Crippen LogP contribution in [0.3, 0.4) is 0 Å². The highest BCUT2D eigenvalue weighted by atomic mass is 35.5. The molecular weight excluding hydrogens is 450 g/mol. The highest BCUT2D eigenvalue weighted by Crippen LogP contribution is 2.29. The Morgan fingerprint density at radius 3 is 2.50 bits per heavy atom. The molecule has 0 atom stereocenters. The molecule has 34 heavy (non-hydrogen) atoms. The van der Waals surface area contributed by atoms with Gasteiger partial charge in [-0.3, -0.25) is 9.59 Å². The lowest BCUT2D eigenvalue weighted by molar-refractivity contribution is -0.111. The molecule has 0 aliphatic rings. The number of rotatable bonds is 11. The fraction of sp³-hybridized carbons (Fsp3) is 0.214. The Balaban J connectivity index is 1.71. The number of nitrogens with one attached hydrogen (secondary N) is 1. The van der Waals surface area contributed by atoms with E-state index in [-0.39, 0.29) is 11.7 Å². The Labute approximate surface area is 205 Å². The highest BCUT2D eigenvalue weighted by Gasteiger charge is 2.15. The summed E-state index contributed by atoms with van der Waals surface area (Å²) in [5, 5.41) is 3.19. The van der Waals surface area contributed by atoms with E-state index < -0.39 is 0 Å². The number of anilines is 1. The maximum absolute atomic E-state index is 12.9. The number of carbonyl (C=O) groups is 2. The molecule has 6 heteroatoms. The second kappa shape index (κ2) is 12.6. The zero-order chi connectivity index (χ0) is 24.3. The molecule has 0 radical (unpaired) electrons. The molecule has 5 nitrogen and oxygen atoms in total. The van der Waals surface area contributed by atoms with Gasteiger partial charge in [0, 0.05) is 22.2 Å². The van der Waals surface area contributed by atoms with Crippen molar-refractivity contribution in [2.24, 2.45) is 0 Å². The SMILES string of the molecule is CCCCCOc1ccc(C=CC(=O)Nc2ccc(Cl)cc2C(=O)c2ccccc2)cc1OC. The lowest BCUT2D eigenvalue weighted by atomic mass is 10.0. The number of hydrogen-bond acceptors (Lipinski definition) is 4. The van der Waals surface area contributed by atoms with E-state index in [1.165, 1.54) is 6.08 Å². The molecule has 0 aliphatic carbocycles. The van der Waals surface area contributed by atoms with Gasteiger partial charge in [0.2, 0.25) is 5.91 Å². The average Bonchev–Trinajstić information content (AvgIpc) is 2.87. The van der Waals surface area contributed by atoms with Gasteiger partial charge >= 0.3 is 0 Å². The number of ether oxygens (including phenoxy) is 2. The lowest BCUT2D eigenvalue weighted by Gasteiger charge is -2.11. The van der Waals surface area contributed by atoms with E-state index in [4.69, 9.17) is 21.1 Å². The molecule has 3 aromatic carbocycles. The fourth-order valence-corrected chi connectivity index (χ4v) is 3.52. The first-order valence-corrected chi connectivity index (χ1v) is 11.6. The van der Waals surface area contributed by atoms with Gasteiger partial charge in [-0.1, -0.05) is 67.8 Å². The number of hydrogen-bond donors (Lipinski definition) is 1. The molecule has 0 saturated carbocycles. The minimum atomic E-state index is -0.372. The molecule has 0 spiro atoms. The molecule has 3 aromatic rings. The van der Waals surface area contributed by atoms with Gasteiger partial charge in [-0.15, -0.1) is 0 Å². The highest BCUT2D eigenvalue weighted by molar-refractivity contribution is 6.31. The van der Waals surface area contributed by atoms with Gasteiger partial charge in [0.25, 0.3) is 0 Å². The van der Waals surface area contributed by atoms with Crippen LogP contribution in [0.5, 0.6) is 11.5 Å². The average molecular weight is 478 g/mol. The van der Waals surface area contributed by atoms with Crippen molar-refractivity contribution in [3.8, 4) is 11.5 Å². The van der Waals surface area contributed by atoms with Crippen molar-refractivity contribution in [3.63, 3.8) is 0 Å². The Bertz CT molecular complexity index is 1160. The third kappa shape index (κ3) is 6.96. The Hall–Kier alpha value is -3.57. The van der Waals surface area contributed by atoms with Gasteiger partial charge in [0.1, 0.15) is 0 Å². The molecule has 0 fully saturated rings.